The van der Waals surface area contributed by atoms with E-state index in [1.54, 1.807) is 6.92 Å². The molecule has 1 saturated heterocycles. The fourth-order valence-electron chi connectivity index (χ4n) is 2.16. The van der Waals surface area contributed by atoms with Gasteiger partial charge in [0.15, 0.2) is 0 Å². The van der Waals surface area contributed by atoms with Crippen molar-refractivity contribution in [2.24, 2.45) is 11.3 Å². The molecule has 94 valence electrons. The molecule has 4 heteroatoms. The number of carbonyl (C=O) groups excluding carboxylic acids is 1. The van der Waals surface area contributed by atoms with Crippen molar-refractivity contribution in [1.29, 1.82) is 0 Å². The molecule has 3 atom stereocenters. The van der Waals surface area contributed by atoms with Gasteiger partial charge in [0, 0.05) is 13.1 Å². The SMILES string of the molecule is CC(O)CC(C)CNC(=O)C1(C)CCNC1. The van der Waals surface area contributed by atoms with Crippen LogP contribution >= 0.6 is 0 Å². The van der Waals surface area contributed by atoms with Crippen LogP contribution in [-0.4, -0.2) is 36.8 Å². The minimum Gasteiger partial charge on any atom is -0.393 e. The molecule has 3 N–H and O–H groups in total. The topological polar surface area (TPSA) is 61.4 Å². The van der Waals surface area contributed by atoms with Crippen molar-refractivity contribution in [2.75, 3.05) is 19.6 Å². The Morgan fingerprint density at radius 2 is 2.25 bits per heavy atom. The van der Waals surface area contributed by atoms with Crippen molar-refractivity contribution in [3.8, 4) is 0 Å². The predicted molar refractivity (Wildman–Crippen MR) is 64.1 cm³/mol. The normalized spacial score (nSPS) is 28.8. The van der Waals surface area contributed by atoms with Gasteiger partial charge in [-0.3, -0.25) is 4.79 Å². The summed E-state index contributed by atoms with van der Waals surface area (Å²) in [7, 11) is 0. The first kappa shape index (κ1) is 13.5. The third kappa shape index (κ3) is 3.76. The number of hydrogen-bond acceptors (Lipinski definition) is 3. The zero-order valence-corrected chi connectivity index (χ0v) is 10.5. The molecule has 0 radical (unpaired) electrons. The van der Waals surface area contributed by atoms with Crippen molar-refractivity contribution in [1.82, 2.24) is 10.6 Å². The number of rotatable bonds is 5. The van der Waals surface area contributed by atoms with Gasteiger partial charge in [0.25, 0.3) is 0 Å². The van der Waals surface area contributed by atoms with E-state index in [2.05, 4.69) is 10.6 Å². The smallest absolute Gasteiger partial charge is 0.227 e. The number of nitrogens with one attached hydrogen (secondary N) is 2. The summed E-state index contributed by atoms with van der Waals surface area (Å²) in [5.41, 5.74) is -0.245. The highest BCUT2D eigenvalue weighted by Crippen LogP contribution is 2.24. The number of carbonyl (C=O) groups is 1. The molecule has 1 fully saturated rings. The molecule has 1 aliphatic rings. The summed E-state index contributed by atoms with van der Waals surface area (Å²) in [6, 6.07) is 0. The van der Waals surface area contributed by atoms with Gasteiger partial charge in [0.05, 0.1) is 11.5 Å². The van der Waals surface area contributed by atoms with Crippen LogP contribution in [0.3, 0.4) is 0 Å². The highest BCUT2D eigenvalue weighted by molar-refractivity contribution is 5.82. The molecule has 16 heavy (non-hydrogen) atoms. The van der Waals surface area contributed by atoms with Gasteiger partial charge in [-0.1, -0.05) is 6.92 Å². The Labute approximate surface area is 97.8 Å². The Bertz CT molecular complexity index is 235. The van der Waals surface area contributed by atoms with E-state index in [4.69, 9.17) is 0 Å². The second-order valence-corrected chi connectivity index (χ2v) is 5.39. The van der Waals surface area contributed by atoms with Gasteiger partial charge in [-0.25, -0.2) is 0 Å². The van der Waals surface area contributed by atoms with Gasteiger partial charge in [-0.15, -0.1) is 0 Å². The Kier molecular flexibility index (Phi) is 4.74. The summed E-state index contributed by atoms with van der Waals surface area (Å²) in [5.74, 6) is 0.455. The summed E-state index contributed by atoms with van der Waals surface area (Å²) >= 11 is 0. The Hall–Kier alpha value is -0.610. The number of aliphatic hydroxyl groups excluding tert-OH is 1. The van der Waals surface area contributed by atoms with E-state index in [0.717, 1.165) is 25.9 Å². The van der Waals surface area contributed by atoms with Crippen LogP contribution < -0.4 is 10.6 Å². The molecule has 3 unspecified atom stereocenters. The summed E-state index contributed by atoms with van der Waals surface area (Å²) in [5, 5.41) is 15.4. The average Bonchev–Trinajstić information content (AvgIpc) is 2.62. The largest absolute Gasteiger partial charge is 0.393 e. The quantitative estimate of drug-likeness (QED) is 0.642. The molecule has 4 nitrogen and oxygen atoms in total. The molecule has 1 aliphatic heterocycles. The fraction of sp³-hybridized carbons (Fsp3) is 0.917. The molecule has 0 aromatic heterocycles. The second kappa shape index (κ2) is 5.64. The minimum absolute atomic E-state index is 0.134. The maximum Gasteiger partial charge on any atom is 0.227 e. The standard InChI is InChI=1S/C12H24N2O2/c1-9(6-10(2)15)7-14-11(16)12(3)4-5-13-8-12/h9-10,13,15H,4-8H2,1-3H3,(H,14,16). The molecule has 0 saturated carbocycles. The van der Waals surface area contributed by atoms with Crippen LogP contribution in [0.2, 0.25) is 0 Å². The maximum absolute atomic E-state index is 11.9. The molecule has 0 aliphatic carbocycles. The second-order valence-electron chi connectivity index (χ2n) is 5.39. The molecule has 0 spiro atoms. The van der Waals surface area contributed by atoms with Crippen LogP contribution in [0.25, 0.3) is 0 Å². The van der Waals surface area contributed by atoms with E-state index in [1.807, 2.05) is 13.8 Å². The molecule has 1 heterocycles. The summed E-state index contributed by atoms with van der Waals surface area (Å²) < 4.78 is 0. The van der Waals surface area contributed by atoms with Crippen molar-refractivity contribution in [2.45, 2.75) is 39.7 Å². The van der Waals surface area contributed by atoms with Crippen molar-refractivity contribution >= 4 is 5.91 Å². The Morgan fingerprint density at radius 3 is 2.75 bits per heavy atom. The first-order valence-corrected chi connectivity index (χ1v) is 6.11. The maximum atomic E-state index is 11.9. The Morgan fingerprint density at radius 1 is 1.56 bits per heavy atom. The first-order chi connectivity index (χ1) is 7.44. The lowest BCUT2D eigenvalue weighted by molar-refractivity contribution is -0.129. The van der Waals surface area contributed by atoms with Crippen LogP contribution in [0, 0.1) is 11.3 Å². The average molecular weight is 228 g/mol. The van der Waals surface area contributed by atoms with Crippen LogP contribution in [0.1, 0.15) is 33.6 Å². The molecular formula is C12H24N2O2. The lowest BCUT2D eigenvalue weighted by Crippen LogP contribution is -2.42. The zero-order chi connectivity index (χ0) is 12.2. The van der Waals surface area contributed by atoms with E-state index < -0.39 is 0 Å². The van der Waals surface area contributed by atoms with E-state index in [9.17, 15) is 9.90 Å². The third-order valence-electron chi connectivity index (χ3n) is 3.27. The number of aliphatic hydroxyl groups is 1. The van der Waals surface area contributed by atoms with Gasteiger partial charge in [-0.05, 0) is 39.2 Å². The van der Waals surface area contributed by atoms with Crippen LogP contribution in [0.15, 0.2) is 0 Å². The van der Waals surface area contributed by atoms with E-state index in [-0.39, 0.29) is 17.4 Å². The molecular weight excluding hydrogens is 204 g/mol. The third-order valence-corrected chi connectivity index (χ3v) is 3.27. The van der Waals surface area contributed by atoms with Gasteiger partial charge < -0.3 is 15.7 Å². The number of amides is 1. The molecule has 0 aromatic carbocycles. The van der Waals surface area contributed by atoms with E-state index >= 15 is 0 Å². The summed E-state index contributed by atoms with van der Waals surface area (Å²) in [6.07, 6.45) is 1.34. The van der Waals surface area contributed by atoms with E-state index in [1.165, 1.54) is 0 Å². The highest BCUT2D eigenvalue weighted by atomic mass is 16.3. The Balaban J connectivity index is 2.29. The lowest BCUT2D eigenvalue weighted by Gasteiger charge is -2.23. The molecule has 1 amide bonds. The van der Waals surface area contributed by atoms with Gasteiger partial charge in [0.1, 0.15) is 0 Å². The monoisotopic (exact) mass is 228 g/mol. The lowest BCUT2D eigenvalue weighted by atomic mass is 9.88. The molecule has 1 rings (SSSR count). The van der Waals surface area contributed by atoms with Crippen molar-refractivity contribution in [3.63, 3.8) is 0 Å². The minimum atomic E-state index is -0.296. The molecule has 0 bridgehead atoms. The molecule has 0 aromatic rings. The fourth-order valence-corrected chi connectivity index (χ4v) is 2.16. The van der Waals surface area contributed by atoms with Crippen molar-refractivity contribution < 1.29 is 9.90 Å². The van der Waals surface area contributed by atoms with Crippen molar-refractivity contribution in [3.05, 3.63) is 0 Å². The zero-order valence-electron chi connectivity index (χ0n) is 10.5. The summed E-state index contributed by atoms with van der Waals surface area (Å²) in [6.45, 7) is 8.17. The summed E-state index contributed by atoms with van der Waals surface area (Å²) in [4.78, 5) is 11.9. The van der Waals surface area contributed by atoms with E-state index in [0.29, 0.717) is 12.5 Å². The predicted octanol–water partition coefficient (Wildman–Crippen LogP) is 0.509. The van der Waals surface area contributed by atoms with Gasteiger partial charge in [-0.2, -0.15) is 0 Å². The van der Waals surface area contributed by atoms with Crippen LogP contribution in [0.4, 0.5) is 0 Å². The first-order valence-electron chi connectivity index (χ1n) is 6.11. The van der Waals surface area contributed by atoms with Crippen LogP contribution in [-0.2, 0) is 4.79 Å². The van der Waals surface area contributed by atoms with Crippen LogP contribution in [0.5, 0.6) is 0 Å². The van der Waals surface area contributed by atoms with Gasteiger partial charge in [0.2, 0.25) is 5.91 Å². The number of hydrogen-bond donors (Lipinski definition) is 3. The highest BCUT2D eigenvalue weighted by Gasteiger charge is 2.36. The van der Waals surface area contributed by atoms with Gasteiger partial charge >= 0.3 is 0 Å².